The molecule has 6 heteroatoms. The Labute approximate surface area is 110 Å². The average Bonchev–Trinajstić information content (AvgIpc) is 2.36. The summed E-state index contributed by atoms with van der Waals surface area (Å²) < 4.78 is 0. The van der Waals surface area contributed by atoms with Gasteiger partial charge in [0.05, 0.1) is 6.54 Å². The molecule has 0 aliphatic carbocycles. The van der Waals surface area contributed by atoms with Crippen molar-refractivity contribution in [3.8, 4) is 0 Å². The van der Waals surface area contributed by atoms with Crippen LogP contribution in [-0.4, -0.2) is 35.4 Å². The van der Waals surface area contributed by atoms with Crippen molar-refractivity contribution in [1.82, 2.24) is 5.32 Å². The number of carboxylic acids is 1. The van der Waals surface area contributed by atoms with E-state index < -0.39 is 12.0 Å². The number of carbonyl (C=O) groups is 3. The summed E-state index contributed by atoms with van der Waals surface area (Å²) >= 11 is 0. The van der Waals surface area contributed by atoms with Gasteiger partial charge in [-0.3, -0.25) is 19.7 Å². The number of benzene rings is 1. The number of hydrogen-bond donors (Lipinski definition) is 3. The first-order valence-corrected chi connectivity index (χ1v) is 5.77. The fourth-order valence-electron chi connectivity index (χ4n) is 1.33. The zero-order valence-electron chi connectivity index (χ0n) is 10.8. The van der Waals surface area contributed by atoms with Crippen LogP contribution in [0, 0.1) is 0 Å². The second-order valence-electron chi connectivity index (χ2n) is 4.12. The Balaban J connectivity index is 2.48. The Hall–Kier alpha value is -2.21. The van der Waals surface area contributed by atoms with Gasteiger partial charge in [-0.05, 0) is 38.1 Å². The summed E-state index contributed by atoms with van der Waals surface area (Å²) in [6.45, 7) is 2.82. The van der Waals surface area contributed by atoms with Crippen molar-refractivity contribution >= 4 is 23.3 Å². The average molecular weight is 264 g/mol. The second-order valence-corrected chi connectivity index (χ2v) is 4.12. The molecule has 1 amide bonds. The van der Waals surface area contributed by atoms with Crippen molar-refractivity contribution in [2.45, 2.75) is 19.9 Å². The van der Waals surface area contributed by atoms with E-state index in [1.165, 1.54) is 13.8 Å². The molecule has 1 rings (SSSR count). The van der Waals surface area contributed by atoms with Crippen molar-refractivity contribution in [2.24, 2.45) is 0 Å². The highest BCUT2D eigenvalue weighted by molar-refractivity contribution is 5.96. The van der Waals surface area contributed by atoms with Gasteiger partial charge in [-0.15, -0.1) is 0 Å². The molecule has 102 valence electrons. The van der Waals surface area contributed by atoms with E-state index in [1.807, 2.05) is 0 Å². The quantitative estimate of drug-likeness (QED) is 0.663. The van der Waals surface area contributed by atoms with Crippen LogP contribution in [0.1, 0.15) is 24.2 Å². The third kappa shape index (κ3) is 4.89. The summed E-state index contributed by atoms with van der Waals surface area (Å²) in [6.07, 6.45) is 0. The standard InChI is InChI=1S/C13H16N2O4/c1-8(13(18)19)14-7-12(17)15-11-5-3-10(4-6-11)9(2)16/h3-6,8,14H,7H2,1-2H3,(H,15,17)(H,18,19)/t8-/m1/s1. The number of anilines is 1. The summed E-state index contributed by atoms with van der Waals surface area (Å²) in [5, 5.41) is 13.8. The molecular weight excluding hydrogens is 248 g/mol. The SMILES string of the molecule is CC(=O)c1ccc(NC(=O)CN[C@H](C)C(=O)O)cc1. The molecule has 0 saturated carbocycles. The lowest BCUT2D eigenvalue weighted by atomic mass is 10.1. The number of carbonyl (C=O) groups excluding carboxylic acids is 2. The van der Waals surface area contributed by atoms with Gasteiger partial charge in [-0.25, -0.2) is 0 Å². The van der Waals surface area contributed by atoms with Crippen LogP contribution in [0.5, 0.6) is 0 Å². The Kier molecular flexibility index (Phi) is 5.20. The van der Waals surface area contributed by atoms with Crippen LogP contribution in [0.2, 0.25) is 0 Å². The third-order valence-corrected chi connectivity index (χ3v) is 2.51. The fraction of sp³-hybridized carbons (Fsp3) is 0.308. The highest BCUT2D eigenvalue weighted by atomic mass is 16.4. The largest absolute Gasteiger partial charge is 0.480 e. The molecular formula is C13H16N2O4. The highest BCUT2D eigenvalue weighted by Crippen LogP contribution is 2.09. The van der Waals surface area contributed by atoms with E-state index in [4.69, 9.17) is 5.11 Å². The molecule has 0 bridgehead atoms. The normalized spacial score (nSPS) is 11.7. The summed E-state index contributed by atoms with van der Waals surface area (Å²) in [5.74, 6) is -1.41. The molecule has 0 saturated heterocycles. The predicted molar refractivity (Wildman–Crippen MR) is 70.2 cm³/mol. The molecule has 19 heavy (non-hydrogen) atoms. The van der Waals surface area contributed by atoms with Crippen LogP contribution in [0.4, 0.5) is 5.69 Å². The zero-order valence-corrected chi connectivity index (χ0v) is 10.8. The monoisotopic (exact) mass is 264 g/mol. The molecule has 0 unspecified atom stereocenters. The lowest BCUT2D eigenvalue weighted by Gasteiger charge is -2.09. The number of carboxylic acid groups (broad SMARTS) is 1. The summed E-state index contributed by atoms with van der Waals surface area (Å²) in [5.41, 5.74) is 1.12. The van der Waals surface area contributed by atoms with E-state index in [2.05, 4.69) is 10.6 Å². The maximum atomic E-state index is 11.5. The third-order valence-electron chi connectivity index (χ3n) is 2.51. The summed E-state index contributed by atoms with van der Waals surface area (Å²) in [6, 6.07) is 5.69. The van der Waals surface area contributed by atoms with Gasteiger partial charge in [-0.2, -0.15) is 0 Å². The van der Waals surface area contributed by atoms with E-state index in [1.54, 1.807) is 24.3 Å². The molecule has 0 radical (unpaired) electrons. The van der Waals surface area contributed by atoms with Gasteiger partial charge in [0.25, 0.3) is 0 Å². The van der Waals surface area contributed by atoms with Gasteiger partial charge < -0.3 is 10.4 Å². The van der Waals surface area contributed by atoms with Crippen molar-refractivity contribution < 1.29 is 19.5 Å². The van der Waals surface area contributed by atoms with Gasteiger partial charge in [0.15, 0.2) is 5.78 Å². The lowest BCUT2D eigenvalue weighted by molar-refractivity contribution is -0.139. The van der Waals surface area contributed by atoms with Crippen molar-refractivity contribution in [2.75, 3.05) is 11.9 Å². The van der Waals surface area contributed by atoms with Gasteiger partial charge in [0.1, 0.15) is 6.04 Å². The van der Waals surface area contributed by atoms with Gasteiger partial charge >= 0.3 is 5.97 Å². The molecule has 0 spiro atoms. The van der Waals surface area contributed by atoms with E-state index in [0.717, 1.165) is 0 Å². The van der Waals surface area contributed by atoms with Crippen molar-refractivity contribution in [1.29, 1.82) is 0 Å². The van der Waals surface area contributed by atoms with E-state index in [-0.39, 0.29) is 18.2 Å². The first-order valence-electron chi connectivity index (χ1n) is 5.77. The number of amides is 1. The molecule has 0 aliphatic heterocycles. The number of Topliss-reactive ketones (excluding diaryl/α,β-unsaturated/α-hetero) is 1. The van der Waals surface area contributed by atoms with Crippen LogP contribution in [0.25, 0.3) is 0 Å². The number of rotatable bonds is 6. The lowest BCUT2D eigenvalue weighted by Crippen LogP contribution is -2.39. The molecule has 0 heterocycles. The fourth-order valence-corrected chi connectivity index (χ4v) is 1.33. The van der Waals surface area contributed by atoms with Crippen LogP contribution >= 0.6 is 0 Å². The minimum atomic E-state index is -1.02. The molecule has 6 nitrogen and oxygen atoms in total. The van der Waals surface area contributed by atoms with Gasteiger partial charge in [0, 0.05) is 11.3 Å². The number of aliphatic carboxylic acids is 1. The Bertz CT molecular complexity index is 482. The predicted octanol–water partition coefficient (Wildman–Crippen LogP) is 0.890. The topological polar surface area (TPSA) is 95.5 Å². The molecule has 3 N–H and O–H groups in total. The highest BCUT2D eigenvalue weighted by Gasteiger charge is 2.11. The van der Waals surface area contributed by atoms with Crippen LogP contribution < -0.4 is 10.6 Å². The van der Waals surface area contributed by atoms with E-state index in [9.17, 15) is 14.4 Å². The van der Waals surface area contributed by atoms with Crippen LogP contribution in [-0.2, 0) is 9.59 Å². The molecule has 0 aliphatic rings. The second kappa shape index (κ2) is 6.65. The van der Waals surface area contributed by atoms with Crippen LogP contribution in [0.3, 0.4) is 0 Å². The van der Waals surface area contributed by atoms with E-state index >= 15 is 0 Å². The molecule has 0 aromatic heterocycles. The minimum absolute atomic E-state index is 0.0465. The number of nitrogens with one attached hydrogen (secondary N) is 2. The first-order chi connectivity index (χ1) is 8.90. The Morgan fingerprint density at radius 3 is 2.26 bits per heavy atom. The summed E-state index contributed by atoms with van der Waals surface area (Å²) in [7, 11) is 0. The molecule has 0 fully saturated rings. The van der Waals surface area contributed by atoms with Crippen LogP contribution in [0.15, 0.2) is 24.3 Å². The molecule has 1 aromatic carbocycles. The maximum Gasteiger partial charge on any atom is 0.320 e. The molecule has 1 aromatic rings. The molecule has 1 atom stereocenters. The Morgan fingerprint density at radius 1 is 1.21 bits per heavy atom. The van der Waals surface area contributed by atoms with Crippen molar-refractivity contribution in [3.63, 3.8) is 0 Å². The number of hydrogen-bond acceptors (Lipinski definition) is 4. The first kappa shape index (κ1) is 14.8. The number of ketones is 1. The van der Waals surface area contributed by atoms with Crippen molar-refractivity contribution in [3.05, 3.63) is 29.8 Å². The van der Waals surface area contributed by atoms with Gasteiger partial charge in [-0.1, -0.05) is 0 Å². The summed E-state index contributed by atoms with van der Waals surface area (Å²) in [4.78, 5) is 33.1. The zero-order chi connectivity index (χ0) is 14.4. The van der Waals surface area contributed by atoms with E-state index in [0.29, 0.717) is 11.3 Å². The minimum Gasteiger partial charge on any atom is -0.480 e. The maximum absolute atomic E-state index is 11.5. The Morgan fingerprint density at radius 2 is 1.79 bits per heavy atom. The smallest absolute Gasteiger partial charge is 0.320 e. The van der Waals surface area contributed by atoms with Gasteiger partial charge in [0.2, 0.25) is 5.91 Å².